The molecule has 3 heterocycles. The van der Waals surface area contributed by atoms with E-state index in [1.165, 1.54) is 16.3 Å². The maximum absolute atomic E-state index is 13.3. The minimum absolute atomic E-state index is 0.0272. The Morgan fingerprint density at radius 1 is 1.00 bits per heavy atom. The lowest BCUT2D eigenvalue weighted by Gasteiger charge is -2.17. The van der Waals surface area contributed by atoms with E-state index in [0.717, 1.165) is 12.8 Å². The summed E-state index contributed by atoms with van der Waals surface area (Å²) < 4.78 is 8.82. The van der Waals surface area contributed by atoms with Crippen molar-refractivity contribution in [1.82, 2.24) is 19.1 Å². The van der Waals surface area contributed by atoms with Gasteiger partial charge >= 0.3 is 0 Å². The number of nitriles is 1. The molecule has 1 aliphatic heterocycles. The van der Waals surface area contributed by atoms with Crippen molar-refractivity contribution >= 4 is 33.6 Å². The standard InChI is InChI=1S/C24H21N5O3S/c25-11-12-28-21(26-19-9-3-1-7-17(19)22(28)30)15-33-24-27-20-10-4-2-8-18(20)23(31)29(24)14-16-6-5-13-32-16/h1-4,7-10,16H,5-6,12-15H2. The number of nitrogens with zero attached hydrogens (tertiary/aromatic N) is 5. The van der Waals surface area contributed by atoms with Crippen LogP contribution in [-0.4, -0.2) is 31.8 Å². The molecule has 0 amide bonds. The fraction of sp³-hybridized carbons (Fsp3) is 0.292. The third kappa shape index (κ3) is 4.15. The van der Waals surface area contributed by atoms with E-state index in [2.05, 4.69) is 4.98 Å². The second-order valence-electron chi connectivity index (χ2n) is 7.85. The molecule has 2 aromatic carbocycles. The number of fused-ring (bicyclic) bond motifs is 2. The molecule has 1 saturated heterocycles. The minimum atomic E-state index is -0.249. The van der Waals surface area contributed by atoms with Crippen molar-refractivity contribution in [3.63, 3.8) is 0 Å². The molecule has 0 N–H and O–H groups in total. The number of benzene rings is 2. The molecule has 1 aliphatic rings. The predicted molar refractivity (Wildman–Crippen MR) is 126 cm³/mol. The van der Waals surface area contributed by atoms with Gasteiger partial charge in [0.25, 0.3) is 11.1 Å². The van der Waals surface area contributed by atoms with E-state index in [0.29, 0.717) is 45.9 Å². The highest BCUT2D eigenvalue weighted by Gasteiger charge is 2.21. The normalized spacial score (nSPS) is 15.8. The summed E-state index contributed by atoms with van der Waals surface area (Å²) in [5, 5.41) is 10.8. The van der Waals surface area contributed by atoms with Gasteiger partial charge in [0, 0.05) is 6.61 Å². The first-order valence-corrected chi connectivity index (χ1v) is 11.7. The van der Waals surface area contributed by atoms with Crippen molar-refractivity contribution in [3.8, 4) is 6.07 Å². The monoisotopic (exact) mass is 459 g/mol. The average Bonchev–Trinajstić information content (AvgIpc) is 3.35. The number of ether oxygens (including phenoxy) is 1. The summed E-state index contributed by atoms with van der Waals surface area (Å²) in [5.41, 5.74) is 0.838. The third-order valence-electron chi connectivity index (χ3n) is 5.74. The Hall–Kier alpha value is -3.48. The average molecular weight is 460 g/mol. The van der Waals surface area contributed by atoms with Crippen molar-refractivity contribution in [3.05, 3.63) is 75.1 Å². The third-order valence-corrected chi connectivity index (χ3v) is 6.71. The lowest BCUT2D eigenvalue weighted by atomic mass is 10.2. The van der Waals surface area contributed by atoms with Crippen LogP contribution in [-0.2, 0) is 23.6 Å². The second kappa shape index (κ2) is 9.17. The maximum atomic E-state index is 13.3. The number of hydrogen-bond acceptors (Lipinski definition) is 7. The van der Waals surface area contributed by atoms with E-state index in [1.54, 1.807) is 28.8 Å². The SMILES string of the molecule is N#CCn1c(CSc2nc3ccccc3c(=O)n2CC2CCCO2)nc2ccccc2c1=O. The van der Waals surface area contributed by atoms with Crippen molar-refractivity contribution in [1.29, 1.82) is 5.26 Å². The fourth-order valence-corrected chi connectivity index (χ4v) is 5.05. The summed E-state index contributed by atoms with van der Waals surface area (Å²) in [6, 6.07) is 16.4. The molecule has 0 radical (unpaired) electrons. The van der Waals surface area contributed by atoms with Gasteiger partial charge < -0.3 is 4.74 Å². The van der Waals surface area contributed by atoms with Crippen LogP contribution in [0, 0.1) is 11.3 Å². The van der Waals surface area contributed by atoms with E-state index in [-0.39, 0.29) is 29.5 Å². The highest BCUT2D eigenvalue weighted by molar-refractivity contribution is 7.98. The fourth-order valence-electron chi connectivity index (χ4n) is 4.10. The molecular weight excluding hydrogens is 438 g/mol. The van der Waals surface area contributed by atoms with Gasteiger partial charge in [-0.2, -0.15) is 5.26 Å². The minimum Gasteiger partial charge on any atom is -0.376 e. The number of thioether (sulfide) groups is 1. The molecule has 166 valence electrons. The van der Waals surface area contributed by atoms with Crippen molar-refractivity contribution in [2.75, 3.05) is 6.61 Å². The molecule has 9 heteroatoms. The molecule has 1 fully saturated rings. The number of hydrogen-bond donors (Lipinski definition) is 0. The van der Waals surface area contributed by atoms with Gasteiger partial charge in [0.2, 0.25) is 0 Å². The van der Waals surface area contributed by atoms with Crippen LogP contribution in [0.5, 0.6) is 0 Å². The van der Waals surface area contributed by atoms with Gasteiger partial charge in [-0.1, -0.05) is 36.0 Å². The molecule has 1 atom stereocenters. The molecular formula is C24H21N5O3S. The summed E-state index contributed by atoms with van der Waals surface area (Å²) in [5.74, 6) is 0.759. The van der Waals surface area contributed by atoms with E-state index in [4.69, 9.17) is 9.72 Å². The van der Waals surface area contributed by atoms with Gasteiger partial charge in [-0.3, -0.25) is 18.7 Å². The first-order valence-electron chi connectivity index (χ1n) is 10.7. The van der Waals surface area contributed by atoms with Crippen LogP contribution in [0.4, 0.5) is 0 Å². The molecule has 4 aromatic rings. The van der Waals surface area contributed by atoms with E-state index >= 15 is 0 Å². The molecule has 33 heavy (non-hydrogen) atoms. The van der Waals surface area contributed by atoms with Crippen LogP contribution in [0.3, 0.4) is 0 Å². The Morgan fingerprint density at radius 2 is 1.67 bits per heavy atom. The zero-order valence-corrected chi connectivity index (χ0v) is 18.6. The molecule has 8 nitrogen and oxygen atoms in total. The van der Waals surface area contributed by atoms with Gasteiger partial charge in [0.1, 0.15) is 12.4 Å². The highest BCUT2D eigenvalue weighted by Crippen LogP contribution is 2.24. The smallest absolute Gasteiger partial charge is 0.262 e. The quantitative estimate of drug-likeness (QED) is 0.322. The van der Waals surface area contributed by atoms with Gasteiger partial charge in [0.15, 0.2) is 5.16 Å². The molecule has 1 unspecified atom stereocenters. The number of aromatic nitrogens is 4. The Morgan fingerprint density at radius 3 is 2.33 bits per heavy atom. The van der Waals surface area contributed by atoms with Gasteiger partial charge in [-0.05, 0) is 37.1 Å². The van der Waals surface area contributed by atoms with E-state index in [9.17, 15) is 14.9 Å². The van der Waals surface area contributed by atoms with Crippen LogP contribution in [0.15, 0.2) is 63.3 Å². The molecule has 5 rings (SSSR count). The topological polar surface area (TPSA) is 103 Å². The first-order chi connectivity index (χ1) is 16.2. The predicted octanol–water partition coefficient (Wildman–Crippen LogP) is 3.10. The van der Waals surface area contributed by atoms with Crippen molar-refractivity contribution in [2.45, 2.75) is 42.9 Å². The van der Waals surface area contributed by atoms with E-state index < -0.39 is 0 Å². The summed E-state index contributed by atoms with van der Waals surface area (Å²) in [4.78, 5) is 35.6. The Kier molecular flexibility index (Phi) is 5.94. The molecule has 0 spiro atoms. The van der Waals surface area contributed by atoms with Crippen LogP contribution in [0.25, 0.3) is 21.8 Å². The molecule has 0 saturated carbocycles. The zero-order chi connectivity index (χ0) is 22.8. The molecule has 2 aromatic heterocycles. The van der Waals surface area contributed by atoms with Crippen LogP contribution in [0.2, 0.25) is 0 Å². The second-order valence-corrected chi connectivity index (χ2v) is 8.79. The molecule has 0 aliphatic carbocycles. The van der Waals surface area contributed by atoms with Gasteiger partial charge in [0.05, 0.1) is 46.3 Å². The molecule has 0 bridgehead atoms. The van der Waals surface area contributed by atoms with Crippen LogP contribution in [0.1, 0.15) is 18.7 Å². The lowest BCUT2D eigenvalue weighted by Crippen LogP contribution is -2.29. The van der Waals surface area contributed by atoms with Crippen LogP contribution >= 0.6 is 11.8 Å². The summed E-state index contributed by atoms with van der Waals surface area (Å²) in [6.45, 7) is 1.03. The van der Waals surface area contributed by atoms with Crippen molar-refractivity contribution < 1.29 is 4.74 Å². The van der Waals surface area contributed by atoms with E-state index in [1.807, 2.05) is 30.3 Å². The van der Waals surface area contributed by atoms with Gasteiger partial charge in [-0.15, -0.1) is 0 Å². The number of para-hydroxylation sites is 2. The highest BCUT2D eigenvalue weighted by atomic mass is 32.2. The zero-order valence-electron chi connectivity index (χ0n) is 17.8. The largest absolute Gasteiger partial charge is 0.376 e. The Balaban J connectivity index is 1.56. The summed E-state index contributed by atoms with van der Waals surface area (Å²) in [7, 11) is 0. The maximum Gasteiger partial charge on any atom is 0.262 e. The Labute approximate surface area is 193 Å². The first kappa shape index (κ1) is 21.4. The van der Waals surface area contributed by atoms with Crippen LogP contribution < -0.4 is 11.1 Å². The summed E-state index contributed by atoms with van der Waals surface area (Å²) in [6.07, 6.45) is 1.85. The van der Waals surface area contributed by atoms with Gasteiger partial charge in [-0.25, -0.2) is 9.97 Å². The lowest BCUT2D eigenvalue weighted by molar-refractivity contribution is 0.0937. The summed E-state index contributed by atoms with van der Waals surface area (Å²) >= 11 is 1.33. The van der Waals surface area contributed by atoms with Crippen molar-refractivity contribution in [2.24, 2.45) is 0 Å². The number of rotatable bonds is 6. The Bertz CT molecular complexity index is 1500.